The van der Waals surface area contributed by atoms with Gasteiger partial charge in [-0.05, 0) is 48.4 Å². The number of hydrogen-bond acceptors (Lipinski definition) is 6. The quantitative estimate of drug-likeness (QED) is 0.573. The molecule has 8 heteroatoms. The standard InChI is InChI=1S/C21H22ClN3O4/c1-27-17-8-3-14(13-18(17)28-2)11-12-23-19(26)9-10-20-24-21(25-29-20)15-4-6-16(22)7-5-15/h3-8,13H,9-12H2,1-2H3,(H,23,26). The smallest absolute Gasteiger partial charge is 0.227 e. The summed E-state index contributed by atoms with van der Waals surface area (Å²) in [6.45, 7) is 0.522. The van der Waals surface area contributed by atoms with E-state index in [1.54, 1.807) is 26.4 Å². The van der Waals surface area contributed by atoms with E-state index in [2.05, 4.69) is 15.5 Å². The summed E-state index contributed by atoms with van der Waals surface area (Å²) in [5.41, 5.74) is 1.86. The largest absolute Gasteiger partial charge is 0.493 e. The molecule has 2 aromatic carbocycles. The van der Waals surface area contributed by atoms with Crippen LogP contribution >= 0.6 is 11.6 Å². The molecular formula is C21H22ClN3O4. The predicted octanol–water partition coefficient (Wildman–Crippen LogP) is 3.70. The summed E-state index contributed by atoms with van der Waals surface area (Å²) >= 11 is 5.88. The Morgan fingerprint density at radius 2 is 1.83 bits per heavy atom. The van der Waals surface area contributed by atoms with Gasteiger partial charge in [0.25, 0.3) is 0 Å². The number of amides is 1. The number of aryl methyl sites for hydroxylation is 1. The molecule has 1 amide bonds. The number of methoxy groups -OCH3 is 2. The van der Waals surface area contributed by atoms with Crippen LogP contribution in [0.15, 0.2) is 47.0 Å². The van der Waals surface area contributed by atoms with Gasteiger partial charge in [-0.25, -0.2) is 0 Å². The maximum atomic E-state index is 12.1. The fourth-order valence-corrected chi connectivity index (χ4v) is 2.89. The highest BCUT2D eigenvalue weighted by Gasteiger charge is 2.11. The second kappa shape index (κ2) is 9.93. The Hall–Kier alpha value is -3.06. The van der Waals surface area contributed by atoms with E-state index in [4.69, 9.17) is 25.6 Å². The summed E-state index contributed by atoms with van der Waals surface area (Å²) in [6, 6.07) is 12.9. The van der Waals surface area contributed by atoms with E-state index >= 15 is 0 Å². The van der Waals surface area contributed by atoms with Gasteiger partial charge >= 0.3 is 0 Å². The number of rotatable bonds is 9. The molecular weight excluding hydrogens is 394 g/mol. The first kappa shape index (κ1) is 20.7. The minimum absolute atomic E-state index is 0.0725. The molecule has 1 heterocycles. The maximum absolute atomic E-state index is 12.1. The summed E-state index contributed by atoms with van der Waals surface area (Å²) in [7, 11) is 3.19. The van der Waals surface area contributed by atoms with Crippen molar-refractivity contribution < 1.29 is 18.8 Å². The lowest BCUT2D eigenvalue weighted by Crippen LogP contribution is -2.25. The van der Waals surface area contributed by atoms with E-state index < -0.39 is 0 Å². The molecule has 0 aliphatic heterocycles. The Bertz CT molecular complexity index is 957. The zero-order valence-electron chi connectivity index (χ0n) is 16.3. The van der Waals surface area contributed by atoms with Crippen LogP contribution in [0.4, 0.5) is 0 Å². The van der Waals surface area contributed by atoms with Crippen molar-refractivity contribution in [3.8, 4) is 22.9 Å². The van der Waals surface area contributed by atoms with Crippen molar-refractivity contribution in [1.29, 1.82) is 0 Å². The van der Waals surface area contributed by atoms with Crippen LogP contribution in [0.3, 0.4) is 0 Å². The van der Waals surface area contributed by atoms with Crippen molar-refractivity contribution in [2.45, 2.75) is 19.3 Å². The van der Waals surface area contributed by atoms with Gasteiger partial charge in [-0.1, -0.05) is 22.8 Å². The SMILES string of the molecule is COc1ccc(CCNC(=O)CCc2nc(-c3ccc(Cl)cc3)no2)cc1OC. The molecule has 0 aliphatic rings. The van der Waals surface area contributed by atoms with Crippen LogP contribution in [0.1, 0.15) is 17.9 Å². The highest BCUT2D eigenvalue weighted by molar-refractivity contribution is 6.30. The van der Waals surface area contributed by atoms with Crippen LogP contribution in [0.25, 0.3) is 11.4 Å². The Balaban J connectivity index is 1.44. The van der Waals surface area contributed by atoms with Crippen molar-refractivity contribution in [2.24, 2.45) is 0 Å². The van der Waals surface area contributed by atoms with Crippen molar-refractivity contribution in [3.05, 3.63) is 58.9 Å². The van der Waals surface area contributed by atoms with E-state index in [0.717, 1.165) is 11.1 Å². The van der Waals surface area contributed by atoms with E-state index in [1.807, 2.05) is 30.3 Å². The van der Waals surface area contributed by atoms with E-state index in [9.17, 15) is 4.79 Å². The topological polar surface area (TPSA) is 86.5 Å². The molecule has 0 aliphatic carbocycles. The molecule has 0 unspecified atom stereocenters. The number of carbonyl (C=O) groups excluding carboxylic acids is 1. The van der Waals surface area contributed by atoms with Crippen molar-refractivity contribution in [2.75, 3.05) is 20.8 Å². The highest BCUT2D eigenvalue weighted by Crippen LogP contribution is 2.27. The highest BCUT2D eigenvalue weighted by atomic mass is 35.5. The average Bonchev–Trinajstić information content (AvgIpc) is 3.21. The number of hydrogen-bond donors (Lipinski definition) is 1. The van der Waals surface area contributed by atoms with Gasteiger partial charge in [0.2, 0.25) is 17.6 Å². The summed E-state index contributed by atoms with van der Waals surface area (Å²) in [6.07, 6.45) is 1.34. The summed E-state index contributed by atoms with van der Waals surface area (Å²) in [5, 5.41) is 7.48. The third-order valence-corrected chi connectivity index (χ3v) is 4.57. The zero-order valence-corrected chi connectivity index (χ0v) is 17.0. The van der Waals surface area contributed by atoms with Gasteiger partial charge in [0, 0.05) is 30.0 Å². The van der Waals surface area contributed by atoms with Crippen molar-refractivity contribution >= 4 is 17.5 Å². The minimum Gasteiger partial charge on any atom is -0.493 e. The van der Waals surface area contributed by atoms with Gasteiger partial charge in [0.1, 0.15) is 0 Å². The van der Waals surface area contributed by atoms with Gasteiger partial charge in [0.05, 0.1) is 14.2 Å². The fraction of sp³-hybridized carbons (Fsp3) is 0.286. The van der Waals surface area contributed by atoms with Gasteiger partial charge < -0.3 is 19.3 Å². The van der Waals surface area contributed by atoms with Crippen LogP contribution in [-0.4, -0.2) is 36.8 Å². The lowest BCUT2D eigenvalue weighted by Gasteiger charge is -2.10. The predicted molar refractivity (Wildman–Crippen MR) is 109 cm³/mol. The van der Waals surface area contributed by atoms with Gasteiger partial charge in [-0.2, -0.15) is 4.98 Å². The molecule has 0 bridgehead atoms. The number of nitrogens with zero attached hydrogens (tertiary/aromatic N) is 2. The Morgan fingerprint density at radius 3 is 2.55 bits per heavy atom. The molecule has 0 atom stereocenters. The molecule has 0 radical (unpaired) electrons. The van der Waals surface area contributed by atoms with Gasteiger partial charge in [0.15, 0.2) is 11.5 Å². The first-order valence-electron chi connectivity index (χ1n) is 9.15. The number of nitrogens with one attached hydrogen (secondary N) is 1. The third kappa shape index (κ3) is 5.71. The number of aromatic nitrogens is 2. The molecule has 3 rings (SSSR count). The van der Waals surface area contributed by atoms with Gasteiger partial charge in [-0.15, -0.1) is 0 Å². The lowest BCUT2D eigenvalue weighted by molar-refractivity contribution is -0.121. The molecule has 0 fully saturated rings. The molecule has 29 heavy (non-hydrogen) atoms. The zero-order chi connectivity index (χ0) is 20.6. The van der Waals surface area contributed by atoms with Crippen LogP contribution < -0.4 is 14.8 Å². The van der Waals surface area contributed by atoms with Crippen LogP contribution in [-0.2, 0) is 17.6 Å². The van der Waals surface area contributed by atoms with E-state index in [-0.39, 0.29) is 12.3 Å². The first-order valence-corrected chi connectivity index (χ1v) is 9.53. The summed E-state index contributed by atoms with van der Waals surface area (Å²) < 4.78 is 15.7. The maximum Gasteiger partial charge on any atom is 0.227 e. The molecule has 0 saturated carbocycles. The van der Waals surface area contributed by atoms with Gasteiger partial charge in [-0.3, -0.25) is 4.79 Å². The third-order valence-electron chi connectivity index (χ3n) is 4.32. The second-order valence-corrected chi connectivity index (χ2v) is 6.74. The normalized spacial score (nSPS) is 10.6. The van der Waals surface area contributed by atoms with Crippen LogP contribution in [0, 0.1) is 0 Å². The molecule has 152 valence electrons. The molecule has 0 spiro atoms. The Kier molecular flexibility index (Phi) is 7.08. The molecule has 0 saturated heterocycles. The molecule has 1 N–H and O–H groups in total. The fourth-order valence-electron chi connectivity index (χ4n) is 2.76. The van der Waals surface area contributed by atoms with E-state index in [0.29, 0.717) is 47.6 Å². The monoisotopic (exact) mass is 415 g/mol. The number of ether oxygens (including phenoxy) is 2. The average molecular weight is 416 g/mol. The number of benzene rings is 2. The lowest BCUT2D eigenvalue weighted by atomic mass is 10.1. The Labute approximate surface area is 174 Å². The van der Waals surface area contributed by atoms with Crippen molar-refractivity contribution in [3.63, 3.8) is 0 Å². The first-order chi connectivity index (χ1) is 14.1. The van der Waals surface area contributed by atoms with E-state index in [1.165, 1.54) is 0 Å². The summed E-state index contributed by atoms with van der Waals surface area (Å²) in [4.78, 5) is 16.4. The molecule has 3 aromatic rings. The summed E-state index contributed by atoms with van der Waals surface area (Å²) in [5.74, 6) is 2.18. The molecule has 7 nitrogen and oxygen atoms in total. The Morgan fingerprint density at radius 1 is 1.07 bits per heavy atom. The minimum atomic E-state index is -0.0725. The second-order valence-electron chi connectivity index (χ2n) is 6.31. The van der Waals surface area contributed by atoms with Crippen LogP contribution in [0.5, 0.6) is 11.5 Å². The van der Waals surface area contributed by atoms with Crippen LogP contribution in [0.2, 0.25) is 5.02 Å². The number of carbonyl (C=O) groups is 1. The molecule has 1 aromatic heterocycles. The van der Waals surface area contributed by atoms with Crippen molar-refractivity contribution in [1.82, 2.24) is 15.5 Å². The number of halogens is 1.